The zero-order valence-electron chi connectivity index (χ0n) is 8.10. The molecule has 14 heavy (non-hydrogen) atoms. The molecule has 2 aromatic heterocycles. The van der Waals surface area contributed by atoms with Crippen LogP contribution in [0.1, 0.15) is 22.4 Å². The van der Waals surface area contributed by atoms with Gasteiger partial charge in [0.2, 0.25) is 0 Å². The second-order valence-corrected chi connectivity index (χ2v) is 4.31. The highest BCUT2D eigenvalue weighted by molar-refractivity contribution is 7.11. The van der Waals surface area contributed by atoms with Crippen molar-refractivity contribution in [2.24, 2.45) is 0 Å². The Kier molecular flexibility index (Phi) is 2.89. The van der Waals surface area contributed by atoms with Gasteiger partial charge in [-0.2, -0.15) is 0 Å². The van der Waals surface area contributed by atoms with Crippen LogP contribution < -0.4 is 0 Å². The largest absolute Gasteiger partial charge is 0.264 e. The average Bonchev–Trinajstić information content (AvgIpc) is 2.67. The summed E-state index contributed by atoms with van der Waals surface area (Å²) in [5.41, 5.74) is 1.23. The molecule has 0 atom stereocenters. The lowest BCUT2D eigenvalue weighted by molar-refractivity contribution is 1.10. The molecule has 0 radical (unpaired) electrons. The third-order valence-electron chi connectivity index (χ3n) is 2.03. The summed E-state index contributed by atoms with van der Waals surface area (Å²) in [6, 6.07) is 4.05. The Morgan fingerprint density at radius 3 is 2.93 bits per heavy atom. The molecule has 0 fully saturated rings. The van der Waals surface area contributed by atoms with Crippen LogP contribution in [0.25, 0.3) is 0 Å². The van der Waals surface area contributed by atoms with Gasteiger partial charge in [-0.3, -0.25) is 4.98 Å². The van der Waals surface area contributed by atoms with Gasteiger partial charge in [0.15, 0.2) is 0 Å². The highest BCUT2D eigenvalue weighted by Crippen LogP contribution is 2.16. The standard InChI is InChI=1S/C11H12N2S/c1-2-10-8-13-11(14-10)6-9-4-3-5-12-7-9/h3-5,7-8H,2,6H2,1H3. The first-order valence-electron chi connectivity index (χ1n) is 4.71. The number of aromatic nitrogens is 2. The van der Waals surface area contributed by atoms with Crippen molar-refractivity contribution < 1.29 is 0 Å². The third kappa shape index (κ3) is 2.17. The highest BCUT2D eigenvalue weighted by Gasteiger charge is 2.01. The lowest BCUT2D eigenvalue weighted by Gasteiger charge is -1.94. The molecule has 0 aliphatic rings. The first-order valence-corrected chi connectivity index (χ1v) is 5.52. The predicted molar refractivity (Wildman–Crippen MR) is 58.5 cm³/mol. The van der Waals surface area contributed by atoms with E-state index in [4.69, 9.17) is 0 Å². The van der Waals surface area contributed by atoms with Crippen LogP contribution in [-0.2, 0) is 12.8 Å². The molecule has 0 bridgehead atoms. The van der Waals surface area contributed by atoms with Gasteiger partial charge in [-0.1, -0.05) is 13.0 Å². The van der Waals surface area contributed by atoms with E-state index >= 15 is 0 Å². The molecule has 2 heterocycles. The summed E-state index contributed by atoms with van der Waals surface area (Å²) in [6.07, 6.45) is 7.63. The minimum atomic E-state index is 0.901. The molecule has 2 aromatic rings. The normalized spacial score (nSPS) is 10.4. The summed E-state index contributed by atoms with van der Waals surface area (Å²) in [4.78, 5) is 9.81. The fourth-order valence-corrected chi connectivity index (χ4v) is 2.17. The number of thiazole rings is 1. The molecule has 2 nitrogen and oxygen atoms in total. The molecule has 0 aliphatic heterocycles. The van der Waals surface area contributed by atoms with Gasteiger partial charge in [0.1, 0.15) is 0 Å². The summed E-state index contributed by atoms with van der Waals surface area (Å²) in [7, 11) is 0. The molecule has 0 saturated carbocycles. The molecule has 0 amide bonds. The van der Waals surface area contributed by atoms with E-state index in [1.807, 2.05) is 18.5 Å². The minimum Gasteiger partial charge on any atom is -0.264 e. The van der Waals surface area contributed by atoms with Crippen molar-refractivity contribution in [1.29, 1.82) is 0 Å². The summed E-state index contributed by atoms with van der Waals surface area (Å²) >= 11 is 1.79. The smallest absolute Gasteiger partial charge is 0.0972 e. The van der Waals surface area contributed by atoms with Gasteiger partial charge in [-0.25, -0.2) is 4.98 Å². The molecule has 0 saturated heterocycles. The number of rotatable bonds is 3. The van der Waals surface area contributed by atoms with E-state index in [0.717, 1.165) is 12.8 Å². The van der Waals surface area contributed by atoms with E-state index < -0.39 is 0 Å². The monoisotopic (exact) mass is 204 g/mol. The molecule has 0 spiro atoms. The van der Waals surface area contributed by atoms with Crippen LogP contribution in [0.4, 0.5) is 0 Å². The van der Waals surface area contributed by atoms with E-state index in [1.165, 1.54) is 15.4 Å². The van der Waals surface area contributed by atoms with Crippen molar-refractivity contribution in [2.75, 3.05) is 0 Å². The first kappa shape index (κ1) is 9.34. The van der Waals surface area contributed by atoms with Crippen LogP contribution in [0.5, 0.6) is 0 Å². The van der Waals surface area contributed by atoms with Gasteiger partial charge < -0.3 is 0 Å². The van der Waals surface area contributed by atoms with E-state index in [9.17, 15) is 0 Å². The van der Waals surface area contributed by atoms with E-state index in [2.05, 4.69) is 23.0 Å². The van der Waals surface area contributed by atoms with Crippen LogP contribution >= 0.6 is 11.3 Å². The van der Waals surface area contributed by atoms with Crippen LogP contribution in [0.3, 0.4) is 0 Å². The molecular formula is C11H12N2S. The summed E-state index contributed by atoms with van der Waals surface area (Å²) < 4.78 is 0. The molecule has 2 rings (SSSR count). The molecule has 0 N–H and O–H groups in total. The Morgan fingerprint density at radius 1 is 1.36 bits per heavy atom. The maximum atomic E-state index is 4.37. The molecule has 72 valence electrons. The second-order valence-electron chi connectivity index (χ2n) is 3.11. The van der Waals surface area contributed by atoms with Gasteiger partial charge >= 0.3 is 0 Å². The van der Waals surface area contributed by atoms with Crippen molar-refractivity contribution >= 4 is 11.3 Å². The Morgan fingerprint density at radius 2 is 2.29 bits per heavy atom. The summed E-state index contributed by atoms with van der Waals surface area (Å²) in [5, 5.41) is 1.18. The van der Waals surface area contributed by atoms with Crippen molar-refractivity contribution in [3.63, 3.8) is 0 Å². The van der Waals surface area contributed by atoms with Gasteiger partial charge in [-0.15, -0.1) is 11.3 Å². The number of hydrogen-bond acceptors (Lipinski definition) is 3. The maximum Gasteiger partial charge on any atom is 0.0972 e. The average molecular weight is 204 g/mol. The van der Waals surface area contributed by atoms with Gasteiger partial charge in [-0.05, 0) is 18.1 Å². The quantitative estimate of drug-likeness (QED) is 0.768. The number of pyridine rings is 1. The van der Waals surface area contributed by atoms with E-state index in [-0.39, 0.29) is 0 Å². The Hall–Kier alpha value is -1.22. The molecule has 0 aromatic carbocycles. The maximum absolute atomic E-state index is 4.37. The van der Waals surface area contributed by atoms with Crippen LogP contribution in [-0.4, -0.2) is 9.97 Å². The third-order valence-corrected chi connectivity index (χ3v) is 3.17. The topological polar surface area (TPSA) is 25.8 Å². The number of nitrogens with zero attached hydrogens (tertiary/aromatic N) is 2. The number of aryl methyl sites for hydroxylation is 1. The molecule has 3 heteroatoms. The van der Waals surface area contributed by atoms with Crippen molar-refractivity contribution in [3.05, 3.63) is 46.2 Å². The zero-order valence-corrected chi connectivity index (χ0v) is 8.92. The fourth-order valence-electron chi connectivity index (χ4n) is 1.27. The van der Waals surface area contributed by atoms with E-state index in [0.29, 0.717) is 0 Å². The lowest BCUT2D eigenvalue weighted by atomic mass is 10.2. The van der Waals surface area contributed by atoms with E-state index in [1.54, 1.807) is 17.5 Å². The van der Waals surface area contributed by atoms with Crippen molar-refractivity contribution in [3.8, 4) is 0 Å². The first-order chi connectivity index (χ1) is 6.88. The Bertz CT molecular complexity index is 395. The predicted octanol–water partition coefficient (Wildman–Crippen LogP) is 2.69. The second kappa shape index (κ2) is 4.33. The minimum absolute atomic E-state index is 0.901. The van der Waals surface area contributed by atoms with Crippen LogP contribution in [0.15, 0.2) is 30.7 Å². The van der Waals surface area contributed by atoms with Crippen LogP contribution in [0.2, 0.25) is 0 Å². The Balaban J connectivity index is 2.11. The van der Waals surface area contributed by atoms with Gasteiger partial charge in [0, 0.05) is 29.9 Å². The fraction of sp³-hybridized carbons (Fsp3) is 0.273. The highest BCUT2D eigenvalue weighted by atomic mass is 32.1. The van der Waals surface area contributed by atoms with Gasteiger partial charge in [0.25, 0.3) is 0 Å². The summed E-state index contributed by atoms with van der Waals surface area (Å²) in [5.74, 6) is 0. The van der Waals surface area contributed by atoms with Gasteiger partial charge in [0.05, 0.1) is 5.01 Å². The molecule has 0 aliphatic carbocycles. The lowest BCUT2D eigenvalue weighted by Crippen LogP contribution is -1.86. The molecular weight excluding hydrogens is 192 g/mol. The zero-order chi connectivity index (χ0) is 9.80. The molecule has 0 unspecified atom stereocenters. The van der Waals surface area contributed by atoms with Crippen molar-refractivity contribution in [1.82, 2.24) is 9.97 Å². The van der Waals surface area contributed by atoms with Crippen molar-refractivity contribution in [2.45, 2.75) is 19.8 Å². The Labute approximate surface area is 87.7 Å². The SMILES string of the molecule is CCc1cnc(Cc2cccnc2)s1. The van der Waals surface area contributed by atoms with Crippen LogP contribution in [0, 0.1) is 0 Å². The number of hydrogen-bond donors (Lipinski definition) is 0. The summed E-state index contributed by atoms with van der Waals surface area (Å²) in [6.45, 7) is 2.15.